The summed E-state index contributed by atoms with van der Waals surface area (Å²) in [7, 11) is 0. The summed E-state index contributed by atoms with van der Waals surface area (Å²) >= 11 is 12.5. The third-order valence-electron chi connectivity index (χ3n) is 3.85. The van der Waals surface area contributed by atoms with Crippen molar-refractivity contribution in [1.29, 1.82) is 0 Å². The van der Waals surface area contributed by atoms with Gasteiger partial charge < -0.3 is 20.7 Å². The van der Waals surface area contributed by atoms with Gasteiger partial charge in [0, 0.05) is 0 Å². The Morgan fingerprint density at radius 3 is 2.31 bits per heavy atom. The average molecular weight is 392 g/mol. The summed E-state index contributed by atoms with van der Waals surface area (Å²) < 4.78 is 5.81. The van der Waals surface area contributed by atoms with Crippen molar-refractivity contribution < 1.29 is 19.7 Å². The number of aromatic hydroxyl groups is 1. The minimum absolute atomic E-state index is 0.106. The van der Waals surface area contributed by atoms with Gasteiger partial charge in [0.05, 0.1) is 10.0 Å². The normalized spacial score (nSPS) is 12.1. The lowest BCUT2D eigenvalue weighted by molar-refractivity contribution is -0.138. The molecule has 0 radical (unpaired) electrons. The molecular formula is C19H15Cl2NO4. The molecule has 0 aliphatic carbocycles. The zero-order chi connectivity index (χ0) is 18.8. The number of phenols is 1. The molecule has 0 spiro atoms. The molecule has 26 heavy (non-hydrogen) atoms. The van der Waals surface area contributed by atoms with Crippen LogP contribution in [0.2, 0.25) is 10.0 Å². The van der Waals surface area contributed by atoms with Crippen LogP contribution in [0.25, 0.3) is 10.8 Å². The Balaban J connectivity index is 1.87. The van der Waals surface area contributed by atoms with Gasteiger partial charge in [0.2, 0.25) is 0 Å². The van der Waals surface area contributed by atoms with Gasteiger partial charge in [-0.2, -0.15) is 0 Å². The number of nitrogens with two attached hydrogens (primary N) is 1. The minimum Gasteiger partial charge on any atom is -0.508 e. The van der Waals surface area contributed by atoms with Gasteiger partial charge in [-0.25, -0.2) is 0 Å². The van der Waals surface area contributed by atoms with Crippen LogP contribution in [0.15, 0.2) is 48.5 Å². The van der Waals surface area contributed by atoms with E-state index in [4.69, 9.17) is 38.8 Å². The van der Waals surface area contributed by atoms with Gasteiger partial charge in [-0.15, -0.1) is 0 Å². The van der Waals surface area contributed by atoms with Gasteiger partial charge in [0.1, 0.15) is 17.5 Å². The maximum absolute atomic E-state index is 10.9. The van der Waals surface area contributed by atoms with Gasteiger partial charge in [-0.1, -0.05) is 35.3 Å². The summed E-state index contributed by atoms with van der Waals surface area (Å²) in [6, 6.07) is 12.5. The highest BCUT2D eigenvalue weighted by molar-refractivity contribution is 6.37. The quantitative estimate of drug-likeness (QED) is 0.590. The fraction of sp³-hybridized carbons (Fsp3) is 0.105. The predicted octanol–water partition coefficient (Wildman–Crippen LogP) is 4.60. The number of carboxylic acids is 1. The van der Waals surface area contributed by atoms with E-state index in [2.05, 4.69) is 0 Å². The first kappa shape index (κ1) is 18.3. The largest absolute Gasteiger partial charge is 0.508 e. The Morgan fingerprint density at radius 1 is 1.04 bits per heavy atom. The zero-order valence-electron chi connectivity index (χ0n) is 13.4. The molecule has 3 aromatic carbocycles. The Bertz CT molecular complexity index is 967. The monoisotopic (exact) mass is 391 g/mol. The fourth-order valence-corrected chi connectivity index (χ4v) is 3.17. The van der Waals surface area contributed by atoms with E-state index < -0.39 is 12.0 Å². The van der Waals surface area contributed by atoms with E-state index in [9.17, 15) is 9.90 Å². The van der Waals surface area contributed by atoms with Crippen molar-refractivity contribution in [3.8, 4) is 17.2 Å². The molecule has 3 rings (SSSR count). The maximum Gasteiger partial charge on any atom is 0.320 e. The van der Waals surface area contributed by atoms with E-state index in [0.717, 1.165) is 10.8 Å². The first-order chi connectivity index (χ1) is 12.3. The third-order valence-corrected chi connectivity index (χ3v) is 4.41. The number of hydrogen-bond donors (Lipinski definition) is 3. The summed E-state index contributed by atoms with van der Waals surface area (Å²) in [6.07, 6.45) is 0.106. The number of fused-ring (bicyclic) bond motifs is 1. The number of hydrogen-bond acceptors (Lipinski definition) is 4. The molecular weight excluding hydrogens is 377 g/mol. The number of aliphatic carboxylic acids is 1. The summed E-state index contributed by atoms with van der Waals surface area (Å²) in [4.78, 5) is 10.9. The topological polar surface area (TPSA) is 92.8 Å². The molecule has 0 fully saturated rings. The Labute approximate surface area is 159 Å². The van der Waals surface area contributed by atoms with Crippen LogP contribution < -0.4 is 10.5 Å². The first-order valence-corrected chi connectivity index (χ1v) is 8.46. The van der Waals surface area contributed by atoms with Crippen molar-refractivity contribution in [3.63, 3.8) is 0 Å². The molecule has 0 heterocycles. The van der Waals surface area contributed by atoms with E-state index in [1.54, 1.807) is 42.5 Å². The standard InChI is InChI=1S/C19H15Cl2NO4/c20-15-5-10(7-17(22)19(24)25)6-16(21)18(15)26-14-4-2-11-8-13(23)3-1-12(11)9-14/h1-6,8-9,17,23H,7,22H2,(H,24,25)/t17-/m0/s1. The first-order valence-electron chi connectivity index (χ1n) is 7.70. The van der Waals surface area contributed by atoms with Gasteiger partial charge in [-0.3, -0.25) is 4.79 Å². The smallest absolute Gasteiger partial charge is 0.320 e. The van der Waals surface area contributed by atoms with E-state index in [-0.39, 0.29) is 28.0 Å². The molecule has 0 bridgehead atoms. The number of benzene rings is 3. The Hall–Kier alpha value is -2.47. The van der Waals surface area contributed by atoms with Gasteiger partial charge in [0.15, 0.2) is 5.75 Å². The highest BCUT2D eigenvalue weighted by Gasteiger charge is 2.16. The van der Waals surface area contributed by atoms with E-state index in [1.807, 2.05) is 6.07 Å². The molecule has 0 aromatic heterocycles. The molecule has 4 N–H and O–H groups in total. The third kappa shape index (κ3) is 4.02. The lowest BCUT2D eigenvalue weighted by Crippen LogP contribution is -2.32. The van der Waals surface area contributed by atoms with Gasteiger partial charge >= 0.3 is 5.97 Å². The number of carbonyl (C=O) groups is 1. The van der Waals surface area contributed by atoms with Crippen molar-refractivity contribution in [1.82, 2.24) is 0 Å². The van der Waals surface area contributed by atoms with Crippen LogP contribution in [-0.2, 0) is 11.2 Å². The van der Waals surface area contributed by atoms with Crippen LogP contribution in [0, 0.1) is 0 Å². The molecule has 134 valence electrons. The Kier molecular flexibility index (Phi) is 5.23. The van der Waals surface area contributed by atoms with Crippen LogP contribution in [0.4, 0.5) is 0 Å². The average Bonchev–Trinajstić information content (AvgIpc) is 2.58. The SMILES string of the molecule is N[C@@H](Cc1cc(Cl)c(Oc2ccc3cc(O)ccc3c2)c(Cl)c1)C(=O)O. The van der Waals surface area contributed by atoms with Gasteiger partial charge in [0.25, 0.3) is 0 Å². The summed E-state index contributed by atoms with van der Waals surface area (Å²) in [5.74, 6) is -0.103. The van der Waals surface area contributed by atoms with Crippen LogP contribution >= 0.6 is 23.2 Å². The minimum atomic E-state index is -1.10. The van der Waals surface area contributed by atoms with Crippen LogP contribution in [-0.4, -0.2) is 22.2 Å². The Morgan fingerprint density at radius 2 is 1.65 bits per heavy atom. The molecule has 0 aliphatic rings. The van der Waals surface area contributed by atoms with Gasteiger partial charge in [-0.05, 0) is 59.2 Å². The molecule has 5 nitrogen and oxygen atoms in total. The molecule has 1 atom stereocenters. The number of ether oxygens (including phenoxy) is 1. The lowest BCUT2D eigenvalue weighted by atomic mass is 10.1. The number of rotatable bonds is 5. The van der Waals surface area contributed by atoms with E-state index >= 15 is 0 Å². The molecule has 7 heteroatoms. The number of halogens is 2. The number of phenolic OH excluding ortho intramolecular Hbond substituents is 1. The molecule has 0 aliphatic heterocycles. The molecule has 0 amide bonds. The maximum atomic E-state index is 10.9. The fourth-order valence-electron chi connectivity index (χ4n) is 2.56. The second-order valence-corrected chi connectivity index (χ2v) is 6.65. The van der Waals surface area contributed by atoms with E-state index in [1.165, 1.54) is 0 Å². The van der Waals surface area contributed by atoms with Crippen LogP contribution in [0.5, 0.6) is 17.2 Å². The van der Waals surface area contributed by atoms with Crippen molar-refractivity contribution in [2.75, 3.05) is 0 Å². The van der Waals surface area contributed by atoms with Crippen LogP contribution in [0.1, 0.15) is 5.56 Å². The van der Waals surface area contributed by atoms with Crippen molar-refractivity contribution in [2.45, 2.75) is 12.5 Å². The highest BCUT2D eigenvalue weighted by Crippen LogP contribution is 2.38. The number of carboxylic acid groups (broad SMARTS) is 1. The highest BCUT2D eigenvalue weighted by atomic mass is 35.5. The molecule has 0 saturated heterocycles. The van der Waals surface area contributed by atoms with Crippen LogP contribution in [0.3, 0.4) is 0 Å². The molecule has 0 unspecified atom stereocenters. The molecule has 0 saturated carbocycles. The summed E-state index contributed by atoms with van der Waals surface area (Å²) in [5, 5.41) is 20.7. The summed E-state index contributed by atoms with van der Waals surface area (Å²) in [6.45, 7) is 0. The van der Waals surface area contributed by atoms with E-state index in [0.29, 0.717) is 11.3 Å². The zero-order valence-corrected chi connectivity index (χ0v) is 15.0. The summed E-state index contributed by atoms with van der Waals surface area (Å²) in [5.41, 5.74) is 6.15. The predicted molar refractivity (Wildman–Crippen MR) is 101 cm³/mol. The van der Waals surface area contributed by atoms with Crippen molar-refractivity contribution in [3.05, 3.63) is 64.1 Å². The van der Waals surface area contributed by atoms with Crippen molar-refractivity contribution >= 4 is 39.9 Å². The molecule has 3 aromatic rings. The van der Waals surface area contributed by atoms with Crippen molar-refractivity contribution in [2.24, 2.45) is 5.73 Å². The second kappa shape index (κ2) is 7.41. The second-order valence-electron chi connectivity index (χ2n) is 5.83. The lowest BCUT2D eigenvalue weighted by Gasteiger charge is -2.13.